The van der Waals surface area contributed by atoms with E-state index in [1.54, 1.807) is 12.1 Å². The third-order valence-electron chi connectivity index (χ3n) is 3.58. The second-order valence-electron chi connectivity index (χ2n) is 5.48. The molecule has 0 saturated heterocycles. The number of non-ortho nitro benzene ring substituents is 1. The Hall–Kier alpha value is -2.81. The van der Waals surface area contributed by atoms with E-state index in [1.165, 1.54) is 18.2 Å². The molecule has 1 amide bonds. The first-order valence-corrected chi connectivity index (χ1v) is 9.52. The zero-order valence-electron chi connectivity index (χ0n) is 15.8. The van der Waals surface area contributed by atoms with Crippen molar-refractivity contribution < 1.29 is 23.9 Å². The highest BCUT2D eigenvalue weighted by Gasteiger charge is 2.19. The van der Waals surface area contributed by atoms with Gasteiger partial charge in [0, 0.05) is 22.2 Å². The van der Waals surface area contributed by atoms with E-state index in [1.807, 2.05) is 20.8 Å². The average molecular weight is 453 g/mol. The molecule has 0 saturated carbocycles. The lowest BCUT2D eigenvalue weighted by molar-refractivity contribution is -0.384. The van der Waals surface area contributed by atoms with Crippen molar-refractivity contribution in [3.8, 4) is 17.2 Å². The smallest absolute Gasteiger partial charge is 0.270 e. The minimum atomic E-state index is -0.508. The Labute approximate surface area is 171 Å². The van der Waals surface area contributed by atoms with Crippen molar-refractivity contribution in [2.24, 2.45) is 0 Å². The minimum absolute atomic E-state index is 0.0804. The molecular formula is C19H21BrN2O6. The van der Waals surface area contributed by atoms with Crippen molar-refractivity contribution in [2.75, 3.05) is 25.1 Å². The van der Waals surface area contributed by atoms with Gasteiger partial charge in [-0.15, -0.1) is 0 Å². The van der Waals surface area contributed by atoms with Crippen molar-refractivity contribution in [3.63, 3.8) is 0 Å². The van der Waals surface area contributed by atoms with Crippen LogP contribution in [0.3, 0.4) is 0 Å². The van der Waals surface area contributed by atoms with Crippen LogP contribution in [0.1, 0.15) is 31.1 Å². The molecule has 1 N–H and O–H groups in total. The van der Waals surface area contributed by atoms with Gasteiger partial charge >= 0.3 is 0 Å². The largest absolute Gasteiger partial charge is 0.490 e. The SMILES string of the molecule is CCOc1cc(C(=O)Nc2ccc([N+](=O)[O-])cc2Br)cc(OCC)c1OCC. The molecule has 9 heteroatoms. The predicted octanol–water partition coefficient (Wildman–Crippen LogP) is 4.81. The van der Waals surface area contributed by atoms with Crippen LogP contribution in [-0.4, -0.2) is 30.7 Å². The number of nitrogens with zero attached hydrogens (tertiary/aromatic N) is 1. The highest BCUT2D eigenvalue weighted by molar-refractivity contribution is 9.10. The third kappa shape index (κ3) is 5.13. The van der Waals surface area contributed by atoms with Gasteiger partial charge in [-0.2, -0.15) is 0 Å². The first-order chi connectivity index (χ1) is 13.4. The number of halogens is 1. The van der Waals surface area contributed by atoms with E-state index in [0.29, 0.717) is 52.8 Å². The molecule has 0 aromatic heterocycles. The van der Waals surface area contributed by atoms with Crippen LogP contribution in [0.2, 0.25) is 0 Å². The van der Waals surface area contributed by atoms with Gasteiger partial charge in [-0.1, -0.05) is 0 Å². The van der Waals surface area contributed by atoms with Crippen molar-refractivity contribution in [3.05, 3.63) is 50.5 Å². The summed E-state index contributed by atoms with van der Waals surface area (Å²) < 4.78 is 17.3. The van der Waals surface area contributed by atoms with E-state index < -0.39 is 10.8 Å². The van der Waals surface area contributed by atoms with Gasteiger partial charge in [-0.25, -0.2) is 0 Å². The average Bonchev–Trinajstić information content (AvgIpc) is 2.65. The quantitative estimate of drug-likeness (QED) is 0.432. The summed E-state index contributed by atoms with van der Waals surface area (Å²) in [5, 5.41) is 13.6. The van der Waals surface area contributed by atoms with E-state index >= 15 is 0 Å². The van der Waals surface area contributed by atoms with Crippen LogP contribution in [0.5, 0.6) is 17.2 Å². The van der Waals surface area contributed by atoms with Gasteiger partial charge in [0.1, 0.15) is 0 Å². The topological polar surface area (TPSA) is 99.9 Å². The van der Waals surface area contributed by atoms with Crippen LogP contribution in [0.25, 0.3) is 0 Å². The van der Waals surface area contributed by atoms with Gasteiger partial charge in [0.15, 0.2) is 11.5 Å². The lowest BCUT2D eigenvalue weighted by Gasteiger charge is -2.17. The summed E-state index contributed by atoms with van der Waals surface area (Å²) in [6.45, 7) is 6.71. The first-order valence-electron chi connectivity index (χ1n) is 8.72. The lowest BCUT2D eigenvalue weighted by atomic mass is 10.1. The number of nitrogens with one attached hydrogen (secondary N) is 1. The molecule has 2 rings (SSSR count). The molecule has 0 aliphatic carbocycles. The normalized spacial score (nSPS) is 10.3. The summed E-state index contributed by atoms with van der Waals surface area (Å²) in [6.07, 6.45) is 0. The summed E-state index contributed by atoms with van der Waals surface area (Å²) in [5.41, 5.74) is 0.629. The Morgan fingerprint density at radius 3 is 2.07 bits per heavy atom. The Morgan fingerprint density at radius 2 is 1.61 bits per heavy atom. The van der Waals surface area contributed by atoms with E-state index in [0.717, 1.165) is 0 Å². The zero-order chi connectivity index (χ0) is 20.7. The predicted molar refractivity (Wildman–Crippen MR) is 109 cm³/mol. The molecule has 2 aromatic carbocycles. The molecule has 28 heavy (non-hydrogen) atoms. The van der Waals surface area contributed by atoms with E-state index in [-0.39, 0.29) is 5.69 Å². The maximum Gasteiger partial charge on any atom is 0.270 e. The molecule has 0 unspecified atom stereocenters. The second-order valence-corrected chi connectivity index (χ2v) is 6.33. The van der Waals surface area contributed by atoms with Gasteiger partial charge < -0.3 is 19.5 Å². The number of ether oxygens (including phenoxy) is 3. The molecule has 0 radical (unpaired) electrons. The van der Waals surface area contributed by atoms with Crippen LogP contribution in [0, 0.1) is 10.1 Å². The summed E-state index contributed by atoms with van der Waals surface area (Å²) in [7, 11) is 0. The van der Waals surface area contributed by atoms with Crippen molar-refractivity contribution in [1.29, 1.82) is 0 Å². The molecule has 2 aromatic rings. The zero-order valence-corrected chi connectivity index (χ0v) is 17.4. The molecule has 0 heterocycles. The molecule has 0 bridgehead atoms. The van der Waals surface area contributed by atoms with Gasteiger partial charge in [0.25, 0.3) is 11.6 Å². The lowest BCUT2D eigenvalue weighted by Crippen LogP contribution is -2.13. The van der Waals surface area contributed by atoms with Gasteiger partial charge in [0.2, 0.25) is 5.75 Å². The van der Waals surface area contributed by atoms with Crippen molar-refractivity contribution in [1.82, 2.24) is 0 Å². The Balaban J connectivity index is 2.37. The van der Waals surface area contributed by atoms with Crippen LogP contribution in [-0.2, 0) is 0 Å². The molecular weight excluding hydrogens is 432 g/mol. The molecule has 0 spiro atoms. The Kier molecular flexibility index (Phi) is 7.62. The van der Waals surface area contributed by atoms with Crippen molar-refractivity contribution in [2.45, 2.75) is 20.8 Å². The van der Waals surface area contributed by atoms with E-state index in [9.17, 15) is 14.9 Å². The van der Waals surface area contributed by atoms with Crippen molar-refractivity contribution >= 4 is 33.2 Å². The number of hydrogen-bond donors (Lipinski definition) is 1. The number of benzene rings is 2. The number of rotatable bonds is 9. The molecule has 0 aliphatic rings. The van der Waals surface area contributed by atoms with Gasteiger partial charge in [0.05, 0.1) is 30.4 Å². The van der Waals surface area contributed by atoms with Crippen LogP contribution in [0.4, 0.5) is 11.4 Å². The van der Waals surface area contributed by atoms with Gasteiger partial charge in [-0.3, -0.25) is 14.9 Å². The summed E-state index contributed by atoms with van der Waals surface area (Å²) >= 11 is 3.24. The highest BCUT2D eigenvalue weighted by Crippen LogP contribution is 2.39. The maximum atomic E-state index is 12.7. The highest BCUT2D eigenvalue weighted by atomic mass is 79.9. The number of carbonyl (C=O) groups is 1. The summed E-state index contributed by atoms with van der Waals surface area (Å²) in [5.74, 6) is 0.838. The fourth-order valence-electron chi connectivity index (χ4n) is 2.43. The Bertz CT molecular complexity index is 844. The number of carbonyl (C=O) groups excluding carboxylic acids is 1. The summed E-state index contributed by atoms with van der Waals surface area (Å²) in [6, 6.07) is 7.25. The number of nitro benzene ring substituents is 1. The summed E-state index contributed by atoms with van der Waals surface area (Å²) in [4.78, 5) is 23.1. The molecule has 150 valence electrons. The van der Waals surface area contributed by atoms with Gasteiger partial charge in [-0.05, 0) is 54.9 Å². The molecule has 0 fully saturated rings. The number of amides is 1. The van der Waals surface area contributed by atoms with Crippen LogP contribution in [0.15, 0.2) is 34.8 Å². The third-order valence-corrected chi connectivity index (χ3v) is 4.24. The van der Waals surface area contributed by atoms with Crippen LogP contribution < -0.4 is 19.5 Å². The fourth-order valence-corrected chi connectivity index (χ4v) is 2.90. The standard InChI is InChI=1S/C19H21BrN2O6/c1-4-26-16-9-12(10-17(27-5-2)18(16)28-6-3)19(23)21-15-8-7-13(22(24)25)11-14(15)20/h7-11H,4-6H2,1-3H3,(H,21,23). The second kappa shape index (κ2) is 9.93. The number of hydrogen-bond acceptors (Lipinski definition) is 6. The van der Waals surface area contributed by atoms with E-state index in [2.05, 4.69) is 21.2 Å². The maximum absolute atomic E-state index is 12.7. The monoisotopic (exact) mass is 452 g/mol. The molecule has 0 atom stereocenters. The molecule has 8 nitrogen and oxygen atoms in total. The minimum Gasteiger partial charge on any atom is -0.490 e. The van der Waals surface area contributed by atoms with Crippen LogP contribution >= 0.6 is 15.9 Å². The Morgan fingerprint density at radius 1 is 1.04 bits per heavy atom. The number of nitro groups is 1. The first kappa shape index (κ1) is 21.5. The molecule has 0 aliphatic heterocycles. The number of anilines is 1. The fraction of sp³-hybridized carbons (Fsp3) is 0.316. The van der Waals surface area contributed by atoms with E-state index in [4.69, 9.17) is 14.2 Å².